The van der Waals surface area contributed by atoms with Gasteiger partial charge in [0.2, 0.25) is 0 Å². The standard InChI is InChI=1S/C12H20N2O3/c13-5-8-3-4-11(17-8)12(15)14-6-9-1-2-10(7-14)16-9/h8-11H,1-7,13H2. The Morgan fingerprint density at radius 1 is 1.12 bits per heavy atom. The molecule has 3 rings (SSSR count). The molecule has 4 unspecified atom stereocenters. The summed E-state index contributed by atoms with van der Waals surface area (Å²) < 4.78 is 11.4. The fourth-order valence-electron chi connectivity index (χ4n) is 3.06. The quantitative estimate of drug-likeness (QED) is 0.731. The summed E-state index contributed by atoms with van der Waals surface area (Å²) in [4.78, 5) is 14.2. The van der Waals surface area contributed by atoms with Gasteiger partial charge < -0.3 is 20.1 Å². The smallest absolute Gasteiger partial charge is 0.251 e. The number of ether oxygens (including phenoxy) is 2. The highest BCUT2D eigenvalue weighted by Gasteiger charge is 2.39. The Labute approximate surface area is 101 Å². The van der Waals surface area contributed by atoms with Gasteiger partial charge in [0.25, 0.3) is 5.91 Å². The third-order valence-electron chi connectivity index (χ3n) is 4.00. The van der Waals surface area contributed by atoms with Crippen LogP contribution in [0.3, 0.4) is 0 Å². The van der Waals surface area contributed by atoms with Crippen molar-refractivity contribution in [2.75, 3.05) is 19.6 Å². The average Bonchev–Trinajstić information content (AvgIpc) is 2.95. The van der Waals surface area contributed by atoms with E-state index in [1.54, 1.807) is 0 Å². The Balaban J connectivity index is 1.59. The number of rotatable bonds is 2. The van der Waals surface area contributed by atoms with E-state index in [9.17, 15) is 4.79 Å². The van der Waals surface area contributed by atoms with E-state index >= 15 is 0 Å². The molecule has 5 nitrogen and oxygen atoms in total. The van der Waals surface area contributed by atoms with Gasteiger partial charge in [-0.2, -0.15) is 0 Å². The zero-order chi connectivity index (χ0) is 11.8. The molecule has 0 aromatic rings. The van der Waals surface area contributed by atoms with Crippen LogP contribution in [0.1, 0.15) is 25.7 Å². The normalized spacial score (nSPS) is 40.9. The van der Waals surface area contributed by atoms with E-state index in [0.717, 1.165) is 38.8 Å². The van der Waals surface area contributed by atoms with Crippen LogP contribution in [0.4, 0.5) is 0 Å². The molecule has 3 aliphatic heterocycles. The van der Waals surface area contributed by atoms with E-state index in [1.807, 2.05) is 4.90 Å². The summed E-state index contributed by atoms with van der Waals surface area (Å²) in [5.74, 6) is 0.140. The maximum absolute atomic E-state index is 12.3. The van der Waals surface area contributed by atoms with Gasteiger partial charge in [-0.05, 0) is 25.7 Å². The molecule has 0 spiro atoms. The second kappa shape index (κ2) is 4.55. The van der Waals surface area contributed by atoms with Gasteiger partial charge in [-0.3, -0.25) is 4.79 Å². The van der Waals surface area contributed by atoms with Crippen LogP contribution < -0.4 is 5.73 Å². The number of carbonyl (C=O) groups excluding carboxylic acids is 1. The number of hydrogen-bond acceptors (Lipinski definition) is 4. The van der Waals surface area contributed by atoms with Gasteiger partial charge in [-0.25, -0.2) is 0 Å². The van der Waals surface area contributed by atoms with Gasteiger partial charge in [-0.1, -0.05) is 0 Å². The molecule has 0 aromatic heterocycles. The topological polar surface area (TPSA) is 64.8 Å². The van der Waals surface area contributed by atoms with Crippen LogP contribution in [0.15, 0.2) is 0 Å². The zero-order valence-electron chi connectivity index (χ0n) is 10.0. The molecule has 0 aromatic carbocycles. The first kappa shape index (κ1) is 11.4. The first-order valence-corrected chi connectivity index (χ1v) is 6.56. The molecule has 5 heteroatoms. The molecule has 0 radical (unpaired) electrons. The fourth-order valence-corrected chi connectivity index (χ4v) is 3.06. The number of hydrogen-bond donors (Lipinski definition) is 1. The Morgan fingerprint density at radius 3 is 2.41 bits per heavy atom. The van der Waals surface area contributed by atoms with Gasteiger partial charge in [0, 0.05) is 19.6 Å². The lowest BCUT2D eigenvalue weighted by atomic mass is 10.1. The number of nitrogens with two attached hydrogens (primary N) is 1. The van der Waals surface area contributed by atoms with Crippen LogP contribution in [0.2, 0.25) is 0 Å². The molecule has 0 aliphatic carbocycles. The first-order valence-electron chi connectivity index (χ1n) is 6.56. The molecule has 96 valence electrons. The maximum Gasteiger partial charge on any atom is 0.251 e. The minimum atomic E-state index is -0.263. The Bertz CT molecular complexity index is 298. The van der Waals surface area contributed by atoms with Crippen LogP contribution >= 0.6 is 0 Å². The molecular weight excluding hydrogens is 220 g/mol. The second-order valence-electron chi connectivity index (χ2n) is 5.26. The van der Waals surface area contributed by atoms with Gasteiger partial charge >= 0.3 is 0 Å². The van der Waals surface area contributed by atoms with E-state index in [2.05, 4.69) is 0 Å². The van der Waals surface area contributed by atoms with Crippen molar-refractivity contribution in [3.8, 4) is 0 Å². The van der Waals surface area contributed by atoms with Crippen molar-refractivity contribution in [3.63, 3.8) is 0 Å². The third-order valence-corrected chi connectivity index (χ3v) is 4.00. The summed E-state index contributed by atoms with van der Waals surface area (Å²) in [6, 6.07) is 0. The Hall–Kier alpha value is -0.650. The summed E-state index contributed by atoms with van der Waals surface area (Å²) in [6.45, 7) is 1.99. The summed E-state index contributed by atoms with van der Waals surface area (Å²) in [7, 11) is 0. The van der Waals surface area contributed by atoms with Crippen molar-refractivity contribution in [1.29, 1.82) is 0 Å². The third kappa shape index (κ3) is 2.19. The van der Waals surface area contributed by atoms with Crippen LogP contribution in [0.25, 0.3) is 0 Å². The van der Waals surface area contributed by atoms with Gasteiger partial charge in [0.1, 0.15) is 6.10 Å². The molecular formula is C12H20N2O3. The largest absolute Gasteiger partial charge is 0.371 e. The minimum Gasteiger partial charge on any atom is -0.371 e. The van der Waals surface area contributed by atoms with Crippen molar-refractivity contribution in [2.24, 2.45) is 5.73 Å². The molecule has 4 atom stereocenters. The Morgan fingerprint density at radius 2 is 1.82 bits per heavy atom. The first-order chi connectivity index (χ1) is 8.26. The van der Waals surface area contributed by atoms with Crippen molar-refractivity contribution in [3.05, 3.63) is 0 Å². The van der Waals surface area contributed by atoms with E-state index in [4.69, 9.17) is 15.2 Å². The van der Waals surface area contributed by atoms with Crippen LogP contribution in [0, 0.1) is 0 Å². The van der Waals surface area contributed by atoms with E-state index in [0.29, 0.717) is 6.54 Å². The predicted octanol–water partition coefficient (Wildman–Crippen LogP) is -0.117. The summed E-state index contributed by atoms with van der Waals surface area (Å²) in [5.41, 5.74) is 5.56. The molecule has 0 saturated carbocycles. The van der Waals surface area contributed by atoms with Crippen molar-refractivity contribution >= 4 is 5.91 Å². The van der Waals surface area contributed by atoms with Gasteiger partial charge in [-0.15, -0.1) is 0 Å². The molecule has 3 heterocycles. The monoisotopic (exact) mass is 240 g/mol. The molecule has 3 aliphatic rings. The van der Waals surface area contributed by atoms with Crippen molar-refractivity contribution < 1.29 is 14.3 Å². The lowest BCUT2D eigenvalue weighted by Crippen LogP contribution is -2.49. The number of amides is 1. The summed E-state index contributed by atoms with van der Waals surface area (Å²) in [6.07, 6.45) is 4.21. The maximum atomic E-state index is 12.3. The lowest BCUT2D eigenvalue weighted by Gasteiger charge is -2.33. The van der Waals surface area contributed by atoms with E-state index < -0.39 is 0 Å². The van der Waals surface area contributed by atoms with Crippen molar-refractivity contribution in [2.45, 2.75) is 50.1 Å². The molecule has 1 amide bonds. The molecule has 2 bridgehead atoms. The van der Waals surface area contributed by atoms with E-state index in [-0.39, 0.29) is 30.3 Å². The molecule has 3 fully saturated rings. The number of morpholine rings is 1. The number of fused-ring (bicyclic) bond motifs is 2. The van der Waals surface area contributed by atoms with E-state index in [1.165, 1.54) is 0 Å². The number of carbonyl (C=O) groups is 1. The zero-order valence-corrected chi connectivity index (χ0v) is 10.0. The molecule has 2 N–H and O–H groups in total. The minimum absolute atomic E-state index is 0.0710. The number of nitrogens with zero attached hydrogens (tertiary/aromatic N) is 1. The average molecular weight is 240 g/mol. The van der Waals surface area contributed by atoms with Gasteiger partial charge in [0.05, 0.1) is 18.3 Å². The fraction of sp³-hybridized carbons (Fsp3) is 0.917. The molecule has 17 heavy (non-hydrogen) atoms. The highest BCUT2D eigenvalue weighted by atomic mass is 16.5. The SMILES string of the molecule is NCC1CCC(C(=O)N2CC3CCC(C2)O3)O1. The summed E-state index contributed by atoms with van der Waals surface area (Å²) >= 11 is 0. The second-order valence-corrected chi connectivity index (χ2v) is 5.26. The lowest BCUT2D eigenvalue weighted by molar-refractivity contribution is -0.151. The number of likely N-dealkylation sites (tertiary alicyclic amines) is 1. The highest BCUT2D eigenvalue weighted by Crippen LogP contribution is 2.28. The molecule has 3 saturated heterocycles. The van der Waals surface area contributed by atoms with Crippen LogP contribution in [-0.4, -0.2) is 54.9 Å². The van der Waals surface area contributed by atoms with Crippen LogP contribution in [0.5, 0.6) is 0 Å². The Kier molecular flexibility index (Phi) is 3.06. The predicted molar refractivity (Wildman–Crippen MR) is 61.4 cm³/mol. The van der Waals surface area contributed by atoms with Gasteiger partial charge in [0.15, 0.2) is 0 Å². The van der Waals surface area contributed by atoms with Crippen LogP contribution in [-0.2, 0) is 14.3 Å². The van der Waals surface area contributed by atoms with Crippen molar-refractivity contribution in [1.82, 2.24) is 4.90 Å². The summed E-state index contributed by atoms with van der Waals surface area (Å²) in [5, 5.41) is 0. The highest BCUT2D eigenvalue weighted by molar-refractivity contribution is 5.81.